The van der Waals surface area contributed by atoms with E-state index >= 15 is 0 Å². The van der Waals surface area contributed by atoms with Gasteiger partial charge in [-0.2, -0.15) is 0 Å². The van der Waals surface area contributed by atoms with Crippen molar-refractivity contribution in [2.45, 2.75) is 238 Å². The quantitative estimate of drug-likeness (QED) is 0.0244. The number of aliphatic hydroxyl groups is 2. The zero-order valence-corrected chi connectivity index (χ0v) is 43.7. The summed E-state index contributed by atoms with van der Waals surface area (Å²) in [6.07, 6.45) is 76.5. The number of aliphatic hydroxyl groups excluding tert-OH is 2. The van der Waals surface area contributed by atoms with Crippen molar-refractivity contribution < 1.29 is 24.5 Å². The van der Waals surface area contributed by atoms with Gasteiger partial charge in [-0.05, 0) is 83.5 Å². The Morgan fingerprint density at radius 3 is 1.38 bits per heavy atom. The van der Waals surface area contributed by atoms with Crippen LogP contribution in [0.3, 0.4) is 0 Å². The van der Waals surface area contributed by atoms with Crippen LogP contribution >= 0.6 is 0 Å². The summed E-state index contributed by atoms with van der Waals surface area (Å²) in [7, 11) is 0. The topological polar surface area (TPSA) is 95.9 Å². The van der Waals surface area contributed by atoms with E-state index in [9.17, 15) is 19.8 Å². The van der Waals surface area contributed by atoms with Crippen LogP contribution in [0, 0.1) is 0 Å². The van der Waals surface area contributed by atoms with E-state index < -0.39 is 18.2 Å². The fourth-order valence-electron chi connectivity index (χ4n) is 7.55. The zero-order chi connectivity index (χ0) is 49.5. The van der Waals surface area contributed by atoms with Gasteiger partial charge in [0.05, 0.1) is 25.2 Å². The lowest BCUT2D eigenvalue weighted by Gasteiger charge is -2.24. The molecule has 0 aliphatic rings. The Morgan fingerprint density at radius 1 is 0.456 bits per heavy atom. The first-order chi connectivity index (χ1) is 33.5. The van der Waals surface area contributed by atoms with Crippen molar-refractivity contribution in [2.24, 2.45) is 0 Å². The summed E-state index contributed by atoms with van der Waals surface area (Å²) in [4.78, 5) is 26.2. The minimum absolute atomic E-state index is 0.0110. The number of carbonyl (C=O) groups is 2. The molecule has 3 atom stereocenters. The van der Waals surface area contributed by atoms with Crippen molar-refractivity contribution in [3.63, 3.8) is 0 Å². The molecular formula is C62H101NO5. The fraction of sp³-hybridized carbons (Fsp3) is 0.613. The first-order valence-corrected chi connectivity index (χ1v) is 27.5. The molecule has 0 heterocycles. The molecule has 0 rings (SSSR count). The lowest BCUT2D eigenvalue weighted by atomic mass is 10.0. The fourth-order valence-corrected chi connectivity index (χ4v) is 7.55. The van der Waals surface area contributed by atoms with E-state index in [1.165, 1.54) is 77.0 Å². The maximum atomic E-state index is 13.3. The highest BCUT2D eigenvalue weighted by molar-refractivity contribution is 5.77. The molecule has 1 amide bonds. The summed E-state index contributed by atoms with van der Waals surface area (Å²) < 4.78 is 5.90. The molecule has 384 valence electrons. The molecule has 0 radical (unpaired) electrons. The molecule has 0 saturated carbocycles. The van der Waals surface area contributed by atoms with E-state index in [1.54, 1.807) is 0 Å². The number of ether oxygens (including phenoxy) is 1. The lowest BCUT2D eigenvalue weighted by Crippen LogP contribution is -2.46. The molecule has 0 saturated heterocycles. The third-order valence-electron chi connectivity index (χ3n) is 11.6. The molecule has 0 aliphatic heterocycles. The molecule has 0 aromatic rings. The van der Waals surface area contributed by atoms with E-state index in [0.717, 1.165) is 96.3 Å². The van der Waals surface area contributed by atoms with Crippen LogP contribution < -0.4 is 5.32 Å². The van der Waals surface area contributed by atoms with Crippen LogP contribution in [0.4, 0.5) is 0 Å². The van der Waals surface area contributed by atoms with Crippen molar-refractivity contribution >= 4 is 11.9 Å². The smallest absolute Gasteiger partial charge is 0.306 e. The van der Waals surface area contributed by atoms with Crippen molar-refractivity contribution in [1.29, 1.82) is 0 Å². The van der Waals surface area contributed by atoms with Gasteiger partial charge >= 0.3 is 5.97 Å². The second-order valence-electron chi connectivity index (χ2n) is 18.0. The maximum Gasteiger partial charge on any atom is 0.306 e. The van der Waals surface area contributed by atoms with E-state index in [-0.39, 0.29) is 24.9 Å². The van der Waals surface area contributed by atoms with Crippen molar-refractivity contribution in [2.75, 3.05) is 6.61 Å². The molecule has 3 unspecified atom stereocenters. The summed E-state index contributed by atoms with van der Waals surface area (Å²) in [6, 6.07) is -0.740. The van der Waals surface area contributed by atoms with Crippen LogP contribution in [0.25, 0.3) is 0 Å². The van der Waals surface area contributed by atoms with Gasteiger partial charge in [0.25, 0.3) is 0 Å². The van der Waals surface area contributed by atoms with Gasteiger partial charge < -0.3 is 20.3 Å². The normalized spacial score (nSPS) is 14.2. The Hall–Kier alpha value is -4.00. The molecule has 0 aromatic heterocycles. The monoisotopic (exact) mass is 940 g/mol. The summed E-state index contributed by atoms with van der Waals surface area (Å²) in [5, 5.41) is 23.8. The number of hydrogen-bond donors (Lipinski definition) is 3. The Balaban J connectivity index is 4.80. The van der Waals surface area contributed by atoms with Crippen molar-refractivity contribution in [3.05, 3.63) is 134 Å². The Labute approximate surface area is 418 Å². The number of carbonyl (C=O) groups excluding carboxylic acids is 2. The number of hydrogen-bond acceptors (Lipinski definition) is 5. The average Bonchev–Trinajstić information content (AvgIpc) is 3.33. The van der Waals surface area contributed by atoms with Crippen LogP contribution in [0.5, 0.6) is 0 Å². The number of rotatable bonds is 47. The number of unbranched alkanes of at least 4 members (excludes halogenated alkanes) is 18. The highest BCUT2D eigenvalue weighted by atomic mass is 16.5. The van der Waals surface area contributed by atoms with Crippen molar-refractivity contribution in [3.8, 4) is 0 Å². The molecule has 0 fully saturated rings. The minimum atomic E-state index is -0.821. The molecule has 0 aliphatic carbocycles. The van der Waals surface area contributed by atoms with Gasteiger partial charge in [-0.15, -0.1) is 0 Å². The number of amides is 1. The number of esters is 1. The van der Waals surface area contributed by atoms with Gasteiger partial charge in [-0.3, -0.25) is 9.59 Å². The van der Waals surface area contributed by atoms with Gasteiger partial charge in [-0.25, -0.2) is 0 Å². The second kappa shape index (κ2) is 53.9. The number of allylic oxidation sites excluding steroid dienone is 22. The highest BCUT2D eigenvalue weighted by Gasteiger charge is 2.24. The molecule has 0 spiro atoms. The van der Waals surface area contributed by atoms with Gasteiger partial charge in [-0.1, -0.05) is 257 Å². The molecule has 68 heavy (non-hydrogen) atoms. The maximum absolute atomic E-state index is 13.3. The summed E-state index contributed by atoms with van der Waals surface area (Å²) >= 11 is 0. The van der Waals surface area contributed by atoms with Crippen LogP contribution in [0.1, 0.15) is 220 Å². The predicted molar refractivity (Wildman–Crippen MR) is 296 cm³/mol. The van der Waals surface area contributed by atoms with Gasteiger partial charge in [0.15, 0.2) is 0 Å². The van der Waals surface area contributed by atoms with E-state index in [4.69, 9.17) is 4.74 Å². The molecule has 3 N–H and O–H groups in total. The van der Waals surface area contributed by atoms with Gasteiger partial charge in [0.2, 0.25) is 5.91 Å². The molecular weight excluding hydrogens is 839 g/mol. The predicted octanol–water partition coefficient (Wildman–Crippen LogP) is 17.0. The SMILES string of the molecule is CC\C=C/C=C/C=C/C=C\C=C\C=C\CCCCCC(=O)OC(CCC/C=C\C/C=C\C/C=C\C/C=C\C/C=C\CC)CC(=O)NC(CO)C(O)CCCCCCCCCCCCCCCCC. The lowest BCUT2D eigenvalue weighted by molar-refractivity contribution is -0.151. The zero-order valence-electron chi connectivity index (χ0n) is 43.7. The van der Waals surface area contributed by atoms with Crippen LogP contribution in [0.2, 0.25) is 0 Å². The molecule has 0 aromatic carbocycles. The molecule has 6 heteroatoms. The number of nitrogens with one attached hydrogen (secondary N) is 1. The van der Waals surface area contributed by atoms with E-state index in [1.807, 2.05) is 60.8 Å². The van der Waals surface area contributed by atoms with Crippen molar-refractivity contribution in [1.82, 2.24) is 5.32 Å². The Bertz CT molecular complexity index is 1470. The highest BCUT2D eigenvalue weighted by Crippen LogP contribution is 2.17. The molecule has 0 bridgehead atoms. The third kappa shape index (κ3) is 48.5. The second-order valence-corrected chi connectivity index (χ2v) is 18.0. The van der Waals surface area contributed by atoms with Crippen LogP contribution in [0.15, 0.2) is 134 Å². The summed E-state index contributed by atoms with van der Waals surface area (Å²) in [5.74, 6) is -0.593. The third-order valence-corrected chi connectivity index (χ3v) is 11.6. The Kier molecular flexibility index (Phi) is 50.8. The van der Waals surface area contributed by atoms with Crippen LogP contribution in [-0.4, -0.2) is 46.9 Å². The largest absolute Gasteiger partial charge is 0.462 e. The van der Waals surface area contributed by atoms with Gasteiger partial charge in [0, 0.05) is 6.42 Å². The molecule has 6 nitrogen and oxygen atoms in total. The standard InChI is InChI=1S/C62H101NO5/c1-4-7-10-13-16-19-22-25-28-30-33-35-38-41-44-47-50-53-58(68-62(67)55-52-49-46-43-40-37-34-31-29-26-23-20-17-14-11-8-5-2)56-61(66)63-59(57-64)60(65)54-51-48-45-42-39-36-32-27-24-21-18-15-12-9-6-3/h7-8,10-11,14,16-17,19-20,23,25-26,28-29,31,33-35,37,40-41,44,58-60,64-65H,4-6,9,12-13,15,18,21-22,24,27,30,32,36,38-39,42-43,45-57H2,1-3H3,(H,63,66)/b10-7-,11-8-,17-14+,19-16-,23-20+,28-25-,29-26-,34-31+,35-33-,40-37+,44-41-. The average molecular weight is 940 g/mol. The first-order valence-electron chi connectivity index (χ1n) is 27.5. The Morgan fingerprint density at radius 2 is 0.882 bits per heavy atom. The minimum Gasteiger partial charge on any atom is -0.462 e. The van der Waals surface area contributed by atoms with Crippen LogP contribution in [-0.2, 0) is 14.3 Å². The van der Waals surface area contributed by atoms with E-state index in [0.29, 0.717) is 19.3 Å². The summed E-state index contributed by atoms with van der Waals surface area (Å²) in [6.45, 7) is 6.20. The first kappa shape index (κ1) is 64.0. The summed E-state index contributed by atoms with van der Waals surface area (Å²) in [5.41, 5.74) is 0. The van der Waals surface area contributed by atoms with Gasteiger partial charge in [0.1, 0.15) is 6.10 Å². The van der Waals surface area contributed by atoms with E-state index in [2.05, 4.69) is 99.0 Å².